The van der Waals surface area contributed by atoms with Gasteiger partial charge < -0.3 is 5.11 Å². The van der Waals surface area contributed by atoms with Gasteiger partial charge in [-0.05, 0) is 20.8 Å². The van der Waals surface area contributed by atoms with Crippen LogP contribution in [0.5, 0.6) is 0 Å². The summed E-state index contributed by atoms with van der Waals surface area (Å²) < 4.78 is 0. The van der Waals surface area contributed by atoms with Crippen LogP contribution in [0.1, 0.15) is 20.8 Å². The molecule has 0 aliphatic rings. The molecule has 0 aromatic rings. The average Bonchev–Trinajstić information content (AvgIpc) is 2.01. The number of hydrogen-bond donors (Lipinski definition) is 1. The summed E-state index contributed by atoms with van der Waals surface area (Å²) in [6, 6.07) is -1.65. The van der Waals surface area contributed by atoms with Crippen LogP contribution < -0.4 is 0 Å². The third kappa shape index (κ3) is 2.04. The average molecular weight is 160 g/mol. The van der Waals surface area contributed by atoms with Crippen LogP contribution in [0, 0.1) is 9.81 Å². The highest BCUT2D eigenvalue weighted by atomic mass is 16.3. The molecule has 0 saturated heterocycles. The van der Waals surface area contributed by atoms with E-state index in [9.17, 15) is 14.9 Å². The predicted octanol–water partition coefficient (Wildman–Crippen LogP) is 1.05. The number of aliphatic hydroxyl groups is 1. The Morgan fingerprint density at radius 1 is 1.18 bits per heavy atom. The van der Waals surface area contributed by atoms with Crippen LogP contribution in [-0.4, -0.2) is 22.8 Å². The minimum Gasteiger partial charge on any atom is -0.385 e. The van der Waals surface area contributed by atoms with Gasteiger partial charge in [0.1, 0.15) is 17.7 Å². The molecule has 1 N–H and O–H groups in total. The second-order valence-electron chi connectivity index (χ2n) is 2.79. The molecule has 2 atom stereocenters. The van der Waals surface area contributed by atoms with E-state index in [1.807, 2.05) is 0 Å². The smallest absolute Gasteiger partial charge is 0.120 e. The van der Waals surface area contributed by atoms with Gasteiger partial charge in [0, 0.05) is 0 Å². The Balaban J connectivity index is 4.41. The predicted molar refractivity (Wildman–Crippen MR) is 41.1 cm³/mol. The first-order valence-electron chi connectivity index (χ1n) is 3.34. The summed E-state index contributed by atoms with van der Waals surface area (Å²) in [4.78, 5) is 20.0. The molecule has 5 nitrogen and oxygen atoms in total. The molecule has 0 aromatic heterocycles. The maximum absolute atomic E-state index is 10.0. The molecular weight excluding hydrogens is 148 g/mol. The fourth-order valence-corrected chi connectivity index (χ4v) is 0.562. The molecular formula is C6H12N2O3. The number of nitrogens with zero attached hydrogens (tertiary/aromatic N) is 2. The highest BCUT2D eigenvalue weighted by molar-refractivity contribution is 4.92. The van der Waals surface area contributed by atoms with Gasteiger partial charge in [-0.3, -0.25) is 0 Å². The molecule has 64 valence electrons. The molecule has 0 rings (SSSR count). The molecule has 2 unspecified atom stereocenters. The molecule has 0 fully saturated rings. The zero-order valence-corrected chi connectivity index (χ0v) is 6.81. The highest BCUT2D eigenvalue weighted by Crippen LogP contribution is 2.19. The summed E-state index contributed by atoms with van der Waals surface area (Å²) in [5, 5.41) is 14.7. The zero-order valence-electron chi connectivity index (χ0n) is 6.81. The van der Waals surface area contributed by atoms with Crippen molar-refractivity contribution in [1.82, 2.24) is 0 Å². The van der Waals surface area contributed by atoms with Crippen molar-refractivity contribution in [2.75, 3.05) is 0 Å². The number of hydrogen-bond acceptors (Lipinski definition) is 5. The summed E-state index contributed by atoms with van der Waals surface area (Å²) in [6.45, 7) is 4.24. The fraction of sp³-hybridized carbons (Fsp3) is 1.00. The Bertz CT molecular complexity index is 142. The van der Waals surface area contributed by atoms with Gasteiger partial charge in [0.15, 0.2) is 0 Å². The van der Waals surface area contributed by atoms with Gasteiger partial charge in [-0.2, -0.15) is 9.81 Å². The van der Waals surface area contributed by atoms with Crippen LogP contribution in [0.25, 0.3) is 0 Å². The molecule has 0 radical (unpaired) electrons. The fourth-order valence-electron chi connectivity index (χ4n) is 0.562. The van der Waals surface area contributed by atoms with Crippen LogP contribution >= 0.6 is 0 Å². The first-order valence-corrected chi connectivity index (χ1v) is 3.34. The highest BCUT2D eigenvalue weighted by Gasteiger charge is 2.36. The third-order valence-corrected chi connectivity index (χ3v) is 2.01. The number of rotatable bonds is 4. The van der Waals surface area contributed by atoms with Crippen LogP contribution in [0.2, 0.25) is 0 Å². The molecule has 0 amide bonds. The normalized spacial score (nSPS) is 21.5. The lowest BCUT2D eigenvalue weighted by atomic mass is 9.91. The monoisotopic (exact) mass is 160 g/mol. The SMILES string of the molecule is CC(N=O)C(C)(O)C(C)N=O. The van der Waals surface area contributed by atoms with Gasteiger partial charge in [-0.15, -0.1) is 0 Å². The summed E-state index contributed by atoms with van der Waals surface area (Å²) in [5.41, 5.74) is -1.44. The van der Waals surface area contributed by atoms with Crippen molar-refractivity contribution in [2.24, 2.45) is 10.4 Å². The van der Waals surface area contributed by atoms with Gasteiger partial charge in [0.05, 0.1) is 0 Å². The van der Waals surface area contributed by atoms with E-state index in [-0.39, 0.29) is 0 Å². The molecule has 0 aliphatic heterocycles. The van der Waals surface area contributed by atoms with Crippen molar-refractivity contribution in [3.63, 3.8) is 0 Å². The maximum atomic E-state index is 10.0. The first kappa shape index (κ1) is 10.2. The van der Waals surface area contributed by atoms with E-state index in [1.165, 1.54) is 20.8 Å². The Kier molecular flexibility index (Phi) is 3.25. The molecule has 0 spiro atoms. The summed E-state index contributed by atoms with van der Waals surface area (Å²) in [7, 11) is 0. The van der Waals surface area contributed by atoms with Crippen LogP contribution in [0.4, 0.5) is 0 Å². The summed E-state index contributed by atoms with van der Waals surface area (Å²) >= 11 is 0. The third-order valence-electron chi connectivity index (χ3n) is 2.01. The first-order chi connectivity index (χ1) is 4.96. The molecule has 11 heavy (non-hydrogen) atoms. The van der Waals surface area contributed by atoms with E-state index in [2.05, 4.69) is 10.4 Å². The maximum Gasteiger partial charge on any atom is 0.120 e. The van der Waals surface area contributed by atoms with Crippen molar-refractivity contribution in [1.29, 1.82) is 0 Å². The summed E-state index contributed by atoms with van der Waals surface area (Å²) in [6.07, 6.45) is 0. The van der Waals surface area contributed by atoms with Gasteiger partial charge in [0.2, 0.25) is 0 Å². The van der Waals surface area contributed by atoms with Crippen molar-refractivity contribution < 1.29 is 5.11 Å². The van der Waals surface area contributed by atoms with Crippen LogP contribution in [0.15, 0.2) is 10.4 Å². The Morgan fingerprint density at radius 3 is 1.64 bits per heavy atom. The zero-order chi connectivity index (χ0) is 9.07. The second-order valence-corrected chi connectivity index (χ2v) is 2.79. The van der Waals surface area contributed by atoms with E-state index in [0.717, 1.165) is 0 Å². The van der Waals surface area contributed by atoms with Crippen molar-refractivity contribution in [3.05, 3.63) is 9.81 Å². The largest absolute Gasteiger partial charge is 0.385 e. The van der Waals surface area contributed by atoms with E-state index >= 15 is 0 Å². The Morgan fingerprint density at radius 2 is 1.45 bits per heavy atom. The van der Waals surface area contributed by atoms with E-state index in [4.69, 9.17) is 0 Å². The van der Waals surface area contributed by atoms with Crippen LogP contribution in [0.3, 0.4) is 0 Å². The van der Waals surface area contributed by atoms with Gasteiger partial charge >= 0.3 is 0 Å². The van der Waals surface area contributed by atoms with Gasteiger partial charge in [-0.25, -0.2) is 0 Å². The van der Waals surface area contributed by atoms with Crippen molar-refractivity contribution in [2.45, 2.75) is 38.5 Å². The molecule has 5 heteroatoms. The van der Waals surface area contributed by atoms with Crippen molar-refractivity contribution in [3.8, 4) is 0 Å². The molecule has 0 heterocycles. The molecule has 0 aromatic carbocycles. The lowest BCUT2D eigenvalue weighted by molar-refractivity contribution is 0.0188. The molecule has 0 aliphatic carbocycles. The van der Waals surface area contributed by atoms with Gasteiger partial charge in [-0.1, -0.05) is 10.4 Å². The molecule has 0 bridgehead atoms. The van der Waals surface area contributed by atoms with Crippen LogP contribution in [-0.2, 0) is 0 Å². The van der Waals surface area contributed by atoms with E-state index in [0.29, 0.717) is 0 Å². The second kappa shape index (κ2) is 3.52. The Hall–Kier alpha value is -0.840. The topological polar surface area (TPSA) is 79.1 Å². The van der Waals surface area contributed by atoms with Gasteiger partial charge in [0.25, 0.3) is 0 Å². The minimum absolute atomic E-state index is 0.824. The minimum atomic E-state index is -1.44. The number of nitroso groups, excluding NO2 is 2. The van der Waals surface area contributed by atoms with Crippen molar-refractivity contribution >= 4 is 0 Å². The quantitative estimate of drug-likeness (QED) is 0.624. The van der Waals surface area contributed by atoms with E-state index < -0.39 is 17.7 Å². The molecule has 0 saturated carbocycles. The standard InChI is InChI=1S/C6H12N2O3/c1-4(7-10)6(3,9)5(2)8-11/h4-5,9H,1-3H3. The van der Waals surface area contributed by atoms with E-state index in [1.54, 1.807) is 0 Å². The Labute approximate surface area is 64.7 Å². The summed E-state index contributed by atoms with van der Waals surface area (Å²) in [5.74, 6) is 0. The lowest BCUT2D eigenvalue weighted by Gasteiger charge is -2.26. The lowest BCUT2D eigenvalue weighted by Crippen LogP contribution is -2.44.